The summed E-state index contributed by atoms with van der Waals surface area (Å²) in [6.45, 7) is 2.90. The van der Waals surface area contributed by atoms with Gasteiger partial charge in [-0.3, -0.25) is 4.79 Å². The number of carbonyl (C=O) groups excluding carboxylic acids is 1. The Balaban J connectivity index is 1.63. The number of fused-ring (bicyclic) bond motifs is 1. The molecule has 2 aromatic carbocycles. The number of aromatic nitrogens is 2. The Kier molecular flexibility index (Phi) is 7.60. The maximum Gasteiger partial charge on any atom is 0.223 e. The third kappa shape index (κ3) is 4.99. The number of halogens is 2. The number of ether oxygens (including phenoxy) is 3. The van der Waals surface area contributed by atoms with Crippen LogP contribution in [-0.4, -0.2) is 55.4 Å². The fourth-order valence-electron chi connectivity index (χ4n) is 3.93. The van der Waals surface area contributed by atoms with Crippen molar-refractivity contribution in [2.75, 3.05) is 32.8 Å². The number of amides is 1. The zero-order valence-corrected chi connectivity index (χ0v) is 20.7. The normalized spacial score (nSPS) is 17.9. The van der Waals surface area contributed by atoms with Gasteiger partial charge in [-0.1, -0.05) is 36.2 Å². The first-order chi connectivity index (χ1) is 16.4. The van der Waals surface area contributed by atoms with Crippen molar-refractivity contribution in [2.45, 2.75) is 31.8 Å². The van der Waals surface area contributed by atoms with Crippen LogP contribution in [0.15, 0.2) is 30.5 Å². The number of methoxy groups -OCH3 is 2. The quantitative estimate of drug-likeness (QED) is 0.480. The SMILES string of the molecule is CCC(=O)N[C@H]1CCOC[C@H]1Nc1ncc2cc(-c3c(Cl)c(OC)cc(OC)c3Cl)ccc2n1. The minimum absolute atomic E-state index is 0.0113. The highest BCUT2D eigenvalue weighted by Crippen LogP contribution is 2.46. The molecule has 0 radical (unpaired) electrons. The molecule has 2 heterocycles. The summed E-state index contributed by atoms with van der Waals surface area (Å²) in [4.78, 5) is 21.0. The molecule has 3 aromatic rings. The summed E-state index contributed by atoms with van der Waals surface area (Å²) in [5, 5.41) is 7.96. The predicted molar refractivity (Wildman–Crippen MR) is 133 cm³/mol. The van der Waals surface area contributed by atoms with E-state index in [-0.39, 0.29) is 18.0 Å². The van der Waals surface area contributed by atoms with Gasteiger partial charge in [-0.25, -0.2) is 9.97 Å². The molecular weight excluding hydrogens is 479 g/mol. The first-order valence-electron chi connectivity index (χ1n) is 11.0. The largest absolute Gasteiger partial charge is 0.495 e. The topological polar surface area (TPSA) is 94.6 Å². The van der Waals surface area contributed by atoms with Crippen LogP contribution in [0, 0.1) is 0 Å². The zero-order valence-electron chi connectivity index (χ0n) is 19.2. The van der Waals surface area contributed by atoms with Crippen molar-refractivity contribution >= 4 is 46.0 Å². The second-order valence-corrected chi connectivity index (χ2v) is 8.65. The number of nitrogens with one attached hydrogen (secondary N) is 2. The zero-order chi connectivity index (χ0) is 24.2. The van der Waals surface area contributed by atoms with Gasteiger partial charge in [-0.15, -0.1) is 0 Å². The third-order valence-corrected chi connectivity index (χ3v) is 6.53. The maximum atomic E-state index is 11.9. The summed E-state index contributed by atoms with van der Waals surface area (Å²) >= 11 is 13.1. The highest BCUT2D eigenvalue weighted by molar-refractivity contribution is 6.41. The maximum absolute atomic E-state index is 11.9. The fraction of sp³-hybridized carbons (Fsp3) is 0.375. The molecule has 1 fully saturated rings. The van der Waals surface area contributed by atoms with Crippen LogP contribution in [0.1, 0.15) is 19.8 Å². The van der Waals surface area contributed by atoms with Crippen LogP contribution < -0.4 is 20.1 Å². The molecule has 2 N–H and O–H groups in total. The van der Waals surface area contributed by atoms with Gasteiger partial charge in [0.2, 0.25) is 11.9 Å². The molecule has 0 bridgehead atoms. The molecule has 0 aliphatic carbocycles. The van der Waals surface area contributed by atoms with E-state index < -0.39 is 0 Å². The van der Waals surface area contributed by atoms with Crippen molar-refractivity contribution in [3.63, 3.8) is 0 Å². The monoisotopic (exact) mass is 504 g/mol. The Hall–Kier alpha value is -2.81. The Morgan fingerprint density at radius 1 is 1.15 bits per heavy atom. The standard InChI is InChI=1S/C24H26Cl2N4O4/c1-4-20(31)28-16-7-8-34-12-17(16)30-24-27-11-14-9-13(5-6-15(14)29-24)21-22(25)18(32-2)10-19(33-3)23(21)26/h5-6,9-11,16-17H,4,7-8,12H2,1-3H3,(H,28,31)(H,27,29,30)/t16-,17+/m0/s1. The second-order valence-electron chi connectivity index (χ2n) is 7.89. The first kappa shape index (κ1) is 24.3. The number of anilines is 1. The van der Waals surface area contributed by atoms with Crippen LogP contribution in [-0.2, 0) is 9.53 Å². The Bertz CT molecular complexity index is 1180. The number of hydrogen-bond donors (Lipinski definition) is 2. The molecule has 1 aromatic heterocycles. The van der Waals surface area contributed by atoms with E-state index in [9.17, 15) is 4.79 Å². The lowest BCUT2D eigenvalue weighted by Gasteiger charge is -2.32. The van der Waals surface area contributed by atoms with Crippen LogP contribution in [0.25, 0.3) is 22.0 Å². The van der Waals surface area contributed by atoms with Crippen molar-refractivity contribution in [2.24, 2.45) is 0 Å². The van der Waals surface area contributed by atoms with Crippen LogP contribution in [0.3, 0.4) is 0 Å². The lowest BCUT2D eigenvalue weighted by molar-refractivity contribution is -0.122. The average molecular weight is 505 g/mol. The molecule has 8 nitrogen and oxygen atoms in total. The summed E-state index contributed by atoms with van der Waals surface area (Å²) in [6, 6.07) is 7.17. The number of nitrogens with zero attached hydrogens (tertiary/aromatic N) is 2. The molecule has 180 valence electrons. The molecule has 0 unspecified atom stereocenters. The van der Waals surface area contributed by atoms with Gasteiger partial charge in [0.1, 0.15) is 11.5 Å². The van der Waals surface area contributed by atoms with E-state index in [1.165, 1.54) is 14.2 Å². The summed E-state index contributed by atoms with van der Waals surface area (Å²) in [7, 11) is 3.08. The smallest absolute Gasteiger partial charge is 0.223 e. The summed E-state index contributed by atoms with van der Waals surface area (Å²) < 4.78 is 16.4. The van der Waals surface area contributed by atoms with Crippen LogP contribution >= 0.6 is 23.2 Å². The highest BCUT2D eigenvalue weighted by atomic mass is 35.5. The van der Waals surface area contributed by atoms with Gasteiger partial charge in [0, 0.05) is 36.2 Å². The minimum atomic E-state index is -0.122. The van der Waals surface area contributed by atoms with Gasteiger partial charge >= 0.3 is 0 Å². The van der Waals surface area contributed by atoms with E-state index in [0.717, 1.165) is 22.9 Å². The van der Waals surface area contributed by atoms with E-state index in [2.05, 4.69) is 20.6 Å². The molecule has 0 spiro atoms. The first-order valence-corrected chi connectivity index (χ1v) is 11.7. The Morgan fingerprint density at radius 2 is 1.88 bits per heavy atom. The summed E-state index contributed by atoms with van der Waals surface area (Å²) in [5.41, 5.74) is 2.14. The fourth-order valence-corrected chi connectivity index (χ4v) is 4.64. The van der Waals surface area contributed by atoms with Crippen molar-refractivity contribution < 1.29 is 19.0 Å². The molecule has 34 heavy (non-hydrogen) atoms. The number of hydrogen-bond acceptors (Lipinski definition) is 7. The van der Waals surface area contributed by atoms with Gasteiger partial charge in [-0.05, 0) is 24.1 Å². The minimum Gasteiger partial charge on any atom is -0.495 e. The molecule has 4 rings (SSSR count). The van der Waals surface area contributed by atoms with Gasteiger partial charge in [0.15, 0.2) is 0 Å². The van der Waals surface area contributed by atoms with Gasteiger partial charge in [0.25, 0.3) is 0 Å². The highest BCUT2D eigenvalue weighted by Gasteiger charge is 2.27. The lowest BCUT2D eigenvalue weighted by Crippen LogP contribution is -2.52. The van der Waals surface area contributed by atoms with Crippen molar-refractivity contribution in [3.05, 3.63) is 40.5 Å². The van der Waals surface area contributed by atoms with Crippen LogP contribution in [0.4, 0.5) is 5.95 Å². The predicted octanol–water partition coefficient (Wildman–Crippen LogP) is 4.72. The molecule has 1 aliphatic heterocycles. The third-order valence-electron chi connectivity index (χ3n) is 5.78. The van der Waals surface area contributed by atoms with E-state index in [1.54, 1.807) is 12.3 Å². The Morgan fingerprint density at radius 3 is 2.56 bits per heavy atom. The molecule has 0 saturated carbocycles. The van der Waals surface area contributed by atoms with E-state index in [0.29, 0.717) is 52.7 Å². The molecule has 2 atom stereocenters. The molecule has 10 heteroatoms. The van der Waals surface area contributed by atoms with Crippen molar-refractivity contribution in [1.29, 1.82) is 0 Å². The molecule has 1 amide bonds. The van der Waals surface area contributed by atoms with Crippen molar-refractivity contribution in [3.8, 4) is 22.6 Å². The van der Waals surface area contributed by atoms with E-state index in [1.807, 2.05) is 25.1 Å². The van der Waals surface area contributed by atoms with Gasteiger partial charge < -0.3 is 24.8 Å². The second kappa shape index (κ2) is 10.6. The summed E-state index contributed by atoms with van der Waals surface area (Å²) in [5.74, 6) is 1.41. The Labute approximate surface area is 207 Å². The van der Waals surface area contributed by atoms with Gasteiger partial charge in [0.05, 0.1) is 48.5 Å². The average Bonchev–Trinajstić information content (AvgIpc) is 2.85. The number of carbonyl (C=O) groups is 1. The lowest BCUT2D eigenvalue weighted by atomic mass is 10.0. The summed E-state index contributed by atoms with van der Waals surface area (Å²) in [6.07, 6.45) is 2.90. The van der Waals surface area contributed by atoms with Crippen molar-refractivity contribution in [1.82, 2.24) is 15.3 Å². The number of benzene rings is 2. The molecule has 1 aliphatic rings. The molecular formula is C24H26Cl2N4O4. The van der Waals surface area contributed by atoms with Crippen LogP contribution in [0.2, 0.25) is 10.0 Å². The van der Waals surface area contributed by atoms with E-state index in [4.69, 9.17) is 37.4 Å². The van der Waals surface area contributed by atoms with E-state index >= 15 is 0 Å². The molecule has 1 saturated heterocycles. The number of rotatable bonds is 7. The van der Waals surface area contributed by atoms with Gasteiger partial charge in [-0.2, -0.15) is 0 Å². The van der Waals surface area contributed by atoms with Crippen LogP contribution in [0.5, 0.6) is 11.5 Å².